The maximum absolute atomic E-state index is 13.1. The first-order chi connectivity index (χ1) is 15.1. The third-order valence-electron chi connectivity index (χ3n) is 5.09. The lowest BCUT2D eigenvalue weighted by atomic mass is 10.1. The molecule has 0 aliphatic carbocycles. The van der Waals surface area contributed by atoms with E-state index in [0.717, 1.165) is 5.56 Å². The number of nitrogens with zero attached hydrogens (tertiary/aromatic N) is 3. The predicted octanol–water partition coefficient (Wildman–Crippen LogP) is 2.08. The van der Waals surface area contributed by atoms with E-state index >= 15 is 0 Å². The normalized spacial score (nSPS) is 12.4. The summed E-state index contributed by atoms with van der Waals surface area (Å²) >= 11 is 0. The molecule has 1 N–H and O–H groups in total. The van der Waals surface area contributed by atoms with Crippen LogP contribution in [-0.4, -0.2) is 33.3 Å². The van der Waals surface area contributed by atoms with Gasteiger partial charge in [-0.3, -0.25) is 14.6 Å². The summed E-state index contributed by atoms with van der Waals surface area (Å²) in [5.74, 6) is 0.590. The molecule has 0 amide bonds. The Balaban J connectivity index is 1.78. The Bertz CT molecular complexity index is 1470. The van der Waals surface area contributed by atoms with Crippen LogP contribution in [0.1, 0.15) is 22.8 Å². The summed E-state index contributed by atoms with van der Waals surface area (Å²) in [7, 11) is 0. The van der Waals surface area contributed by atoms with Gasteiger partial charge in [0.2, 0.25) is 6.79 Å². The van der Waals surface area contributed by atoms with Crippen LogP contribution in [0.15, 0.2) is 53.5 Å². The van der Waals surface area contributed by atoms with Gasteiger partial charge in [-0.2, -0.15) is 0 Å². The average Bonchev–Trinajstić information content (AvgIpc) is 3.24. The molecule has 0 saturated carbocycles. The number of carbonyl (C=O) groups is 1. The van der Waals surface area contributed by atoms with Gasteiger partial charge in [-0.05, 0) is 42.8 Å². The molecule has 156 valence electrons. The second kappa shape index (κ2) is 7.28. The summed E-state index contributed by atoms with van der Waals surface area (Å²) in [4.78, 5) is 30.3. The number of esters is 1. The maximum Gasteiger partial charge on any atom is 0.341 e. The van der Waals surface area contributed by atoms with Crippen LogP contribution in [0.2, 0.25) is 0 Å². The number of carbonyl (C=O) groups excluding carboxylic acids is 1. The fourth-order valence-electron chi connectivity index (χ4n) is 3.63. The van der Waals surface area contributed by atoms with Gasteiger partial charge in [0, 0.05) is 6.20 Å². The molecule has 9 nitrogen and oxygen atoms in total. The zero-order valence-corrected chi connectivity index (χ0v) is 16.6. The zero-order valence-electron chi connectivity index (χ0n) is 16.6. The van der Waals surface area contributed by atoms with Crippen LogP contribution in [-0.2, 0) is 11.3 Å². The van der Waals surface area contributed by atoms with Crippen molar-refractivity contribution in [1.82, 2.24) is 14.0 Å². The molecule has 31 heavy (non-hydrogen) atoms. The molecule has 0 fully saturated rings. The van der Waals surface area contributed by atoms with E-state index in [1.807, 2.05) is 12.1 Å². The molecule has 0 unspecified atom stereocenters. The Morgan fingerprint density at radius 2 is 2.03 bits per heavy atom. The lowest BCUT2D eigenvalue weighted by Gasteiger charge is -2.14. The molecule has 3 aromatic heterocycles. The number of aromatic nitrogens is 3. The van der Waals surface area contributed by atoms with Gasteiger partial charge in [0.25, 0.3) is 5.56 Å². The number of rotatable bonds is 4. The van der Waals surface area contributed by atoms with Gasteiger partial charge < -0.3 is 18.8 Å². The van der Waals surface area contributed by atoms with Crippen molar-refractivity contribution in [2.45, 2.75) is 13.5 Å². The molecule has 0 saturated heterocycles. The number of fused-ring (bicyclic) bond motifs is 3. The lowest BCUT2D eigenvalue weighted by Crippen LogP contribution is -2.31. The minimum atomic E-state index is -0.661. The summed E-state index contributed by atoms with van der Waals surface area (Å²) < 4.78 is 18.9. The monoisotopic (exact) mass is 418 g/mol. The van der Waals surface area contributed by atoms with Crippen LogP contribution in [0.5, 0.6) is 11.5 Å². The highest BCUT2D eigenvalue weighted by molar-refractivity contribution is 5.93. The number of hydrogen-bond donors (Lipinski definition) is 1. The Labute approximate surface area is 175 Å². The summed E-state index contributed by atoms with van der Waals surface area (Å²) in [5, 5.41) is 8.90. The second-order valence-electron chi connectivity index (χ2n) is 6.98. The number of hydrogen-bond acceptors (Lipinski definition) is 7. The highest BCUT2D eigenvalue weighted by Gasteiger charge is 2.19. The minimum Gasteiger partial charge on any atom is -0.462 e. The zero-order chi connectivity index (χ0) is 21.5. The first-order valence-electron chi connectivity index (χ1n) is 9.72. The number of benzene rings is 1. The first kappa shape index (κ1) is 18.9. The van der Waals surface area contributed by atoms with Crippen molar-refractivity contribution in [3.8, 4) is 11.5 Å². The third kappa shape index (κ3) is 3.10. The predicted molar refractivity (Wildman–Crippen MR) is 110 cm³/mol. The van der Waals surface area contributed by atoms with E-state index in [9.17, 15) is 9.59 Å². The number of pyridine rings is 2. The van der Waals surface area contributed by atoms with Gasteiger partial charge in [0.15, 0.2) is 11.5 Å². The van der Waals surface area contributed by atoms with E-state index in [-0.39, 0.29) is 41.9 Å². The van der Waals surface area contributed by atoms with E-state index in [0.29, 0.717) is 22.8 Å². The van der Waals surface area contributed by atoms with Gasteiger partial charge in [0.1, 0.15) is 22.3 Å². The Hall–Kier alpha value is -4.14. The van der Waals surface area contributed by atoms with Crippen LogP contribution in [0, 0.1) is 5.41 Å². The fourth-order valence-corrected chi connectivity index (χ4v) is 3.63. The molecule has 4 heterocycles. The summed E-state index contributed by atoms with van der Waals surface area (Å²) in [6, 6.07) is 12.1. The molecule has 0 radical (unpaired) electrons. The Kier molecular flexibility index (Phi) is 4.43. The smallest absolute Gasteiger partial charge is 0.341 e. The second-order valence-corrected chi connectivity index (χ2v) is 6.98. The number of nitrogens with one attached hydrogen (secondary N) is 1. The standard InChI is InChI=1S/C22H18N4O5/c1-2-29-22(28)14-10-15-20(24-18-5-3-4-8-25(18)21(15)27)26(19(14)23)11-13-6-7-16-17(9-13)31-12-30-16/h3-10,23H,2,11-12H2,1H3. The summed E-state index contributed by atoms with van der Waals surface area (Å²) in [5.41, 5.74) is 1.15. The maximum atomic E-state index is 13.1. The largest absolute Gasteiger partial charge is 0.462 e. The Morgan fingerprint density at radius 3 is 2.87 bits per heavy atom. The van der Waals surface area contributed by atoms with E-state index in [4.69, 9.17) is 19.6 Å². The third-order valence-corrected chi connectivity index (χ3v) is 5.09. The molecule has 0 atom stereocenters. The van der Waals surface area contributed by atoms with Crippen molar-refractivity contribution >= 4 is 22.6 Å². The van der Waals surface area contributed by atoms with E-state index in [1.54, 1.807) is 37.4 Å². The summed E-state index contributed by atoms with van der Waals surface area (Å²) in [6.07, 6.45) is 1.62. The van der Waals surface area contributed by atoms with Gasteiger partial charge in [-0.25, -0.2) is 9.78 Å². The Morgan fingerprint density at radius 1 is 1.19 bits per heavy atom. The van der Waals surface area contributed by atoms with Crippen LogP contribution in [0.3, 0.4) is 0 Å². The van der Waals surface area contributed by atoms with Crippen molar-refractivity contribution in [3.63, 3.8) is 0 Å². The molecule has 9 heteroatoms. The van der Waals surface area contributed by atoms with Crippen molar-refractivity contribution in [3.05, 3.63) is 75.6 Å². The van der Waals surface area contributed by atoms with Crippen molar-refractivity contribution in [1.29, 1.82) is 5.41 Å². The highest BCUT2D eigenvalue weighted by atomic mass is 16.7. The fraction of sp³-hybridized carbons (Fsp3) is 0.182. The topological polar surface area (TPSA) is 108 Å². The molecular formula is C22H18N4O5. The average molecular weight is 418 g/mol. The molecule has 0 bridgehead atoms. The molecular weight excluding hydrogens is 400 g/mol. The van der Waals surface area contributed by atoms with E-state index in [1.165, 1.54) is 15.0 Å². The lowest BCUT2D eigenvalue weighted by molar-refractivity contribution is 0.0523. The van der Waals surface area contributed by atoms with E-state index in [2.05, 4.69) is 4.98 Å². The quantitative estimate of drug-likeness (QED) is 0.402. The van der Waals surface area contributed by atoms with Crippen LogP contribution >= 0.6 is 0 Å². The van der Waals surface area contributed by atoms with Crippen LogP contribution in [0.25, 0.3) is 16.7 Å². The van der Waals surface area contributed by atoms with Crippen molar-refractivity contribution < 1.29 is 19.0 Å². The van der Waals surface area contributed by atoms with Gasteiger partial charge in [0.05, 0.1) is 18.5 Å². The highest BCUT2D eigenvalue weighted by Crippen LogP contribution is 2.32. The van der Waals surface area contributed by atoms with Crippen molar-refractivity contribution in [2.24, 2.45) is 0 Å². The molecule has 1 aromatic carbocycles. The molecule has 1 aliphatic heterocycles. The summed E-state index contributed by atoms with van der Waals surface area (Å²) in [6.45, 7) is 2.20. The first-order valence-corrected chi connectivity index (χ1v) is 9.72. The molecule has 0 spiro atoms. The SMILES string of the molecule is CCOC(=O)c1cc2c(=O)n3ccccc3nc2n(Cc2ccc3c(c2)OCO3)c1=N. The van der Waals surface area contributed by atoms with Crippen LogP contribution < -0.4 is 20.5 Å². The van der Waals surface area contributed by atoms with Gasteiger partial charge >= 0.3 is 5.97 Å². The molecule has 5 rings (SSSR count). The van der Waals surface area contributed by atoms with Crippen molar-refractivity contribution in [2.75, 3.05) is 13.4 Å². The molecule has 1 aliphatic rings. The minimum absolute atomic E-state index is 0.00451. The van der Waals surface area contributed by atoms with E-state index < -0.39 is 5.97 Å². The number of ether oxygens (including phenoxy) is 3. The van der Waals surface area contributed by atoms with Crippen LogP contribution in [0.4, 0.5) is 0 Å². The van der Waals surface area contributed by atoms with Gasteiger partial charge in [-0.15, -0.1) is 0 Å². The van der Waals surface area contributed by atoms with Gasteiger partial charge in [-0.1, -0.05) is 12.1 Å². The molecule has 4 aromatic rings.